The molecule has 0 radical (unpaired) electrons. The number of rotatable bonds is 19. The topological polar surface area (TPSA) is 35.5 Å². The van der Waals surface area contributed by atoms with Gasteiger partial charge in [-0.1, -0.05) is 145 Å². The minimum atomic E-state index is -2.55. The Kier molecular flexibility index (Phi) is 15.4. The summed E-state index contributed by atoms with van der Waals surface area (Å²) in [4.78, 5) is 11.2. The summed E-state index contributed by atoms with van der Waals surface area (Å²) in [6.07, 6.45) is 19.3. The lowest BCUT2D eigenvalue weighted by Gasteiger charge is -2.45. The van der Waals surface area contributed by atoms with E-state index in [1.165, 1.54) is 62.4 Å². The summed E-state index contributed by atoms with van der Waals surface area (Å²) in [6, 6.07) is 22.1. The van der Waals surface area contributed by atoms with Crippen LogP contribution in [-0.4, -0.2) is 27.5 Å². The number of esters is 1. The second kappa shape index (κ2) is 18.2. The van der Waals surface area contributed by atoms with Gasteiger partial charge in [-0.15, -0.1) is 0 Å². The molecule has 0 aliphatic carbocycles. The SMILES string of the molecule is CCCCCCC(C/C=C\CCCCCCCC(=O)OC)O[Si](c1ccccc1)(c1ccccc1)C(C)(C)C. The summed E-state index contributed by atoms with van der Waals surface area (Å²) in [6.45, 7) is 9.38. The highest BCUT2D eigenvalue weighted by atomic mass is 28.4. The van der Waals surface area contributed by atoms with Gasteiger partial charge in [-0.2, -0.15) is 0 Å². The van der Waals surface area contributed by atoms with Crippen LogP contribution in [0.4, 0.5) is 0 Å². The van der Waals surface area contributed by atoms with E-state index in [0.29, 0.717) is 6.42 Å². The van der Waals surface area contributed by atoms with E-state index in [-0.39, 0.29) is 17.1 Å². The molecule has 4 heteroatoms. The maximum absolute atomic E-state index is 11.2. The Morgan fingerprint density at radius 1 is 0.795 bits per heavy atom. The minimum Gasteiger partial charge on any atom is -0.469 e. The van der Waals surface area contributed by atoms with Crippen LogP contribution >= 0.6 is 0 Å². The molecule has 0 spiro atoms. The molecular formula is C35H54O3Si. The van der Waals surface area contributed by atoms with Gasteiger partial charge in [0.25, 0.3) is 8.32 Å². The van der Waals surface area contributed by atoms with Crippen molar-refractivity contribution in [2.75, 3.05) is 7.11 Å². The summed E-state index contributed by atoms with van der Waals surface area (Å²) in [5.74, 6) is -0.0949. The molecule has 2 rings (SSSR count). The third-order valence-corrected chi connectivity index (χ3v) is 12.8. The van der Waals surface area contributed by atoms with Crippen molar-refractivity contribution in [2.24, 2.45) is 0 Å². The van der Waals surface area contributed by atoms with Gasteiger partial charge in [-0.3, -0.25) is 4.79 Å². The maximum Gasteiger partial charge on any atom is 0.305 e. The molecule has 2 aromatic carbocycles. The van der Waals surface area contributed by atoms with Crippen LogP contribution in [0.25, 0.3) is 0 Å². The van der Waals surface area contributed by atoms with Gasteiger partial charge in [0.05, 0.1) is 7.11 Å². The minimum absolute atomic E-state index is 0.00500. The smallest absolute Gasteiger partial charge is 0.305 e. The molecule has 0 aromatic heterocycles. The fraction of sp³-hybridized carbons (Fsp3) is 0.571. The first-order chi connectivity index (χ1) is 18.8. The Hall–Kier alpha value is -2.17. The number of allylic oxidation sites excluding steroid dienone is 1. The van der Waals surface area contributed by atoms with Crippen LogP contribution < -0.4 is 10.4 Å². The van der Waals surface area contributed by atoms with Gasteiger partial charge >= 0.3 is 5.97 Å². The van der Waals surface area contributed by atoms with Crippen LogP contribution in [0.3, 0.4) is 0 Å². The first-order valence-electron chi connectivity index (χ1n) is 15.4. The van der Waals surface area contributed by atoms with Crippen molar-refractivity contribution < 1.29 is 14.0 Å². The fourth-order valence-electron chi connectivity index (χ4n) is 5.49. The lowest BCUT2D eigenvalue weighted by molar-refractivity contribution is -0.140. The van der Waals surface area contributed by atoms with Crippen molar-refractivity contribution in [1.29, 1.82) is 0 Å². The summed E-state index contributed by atoms with van der Waals surface area (Å²) >= 11 is 0. The van der Waals surface area contributed by atoms with Gasteiger partial charge in [0, 0.05) is 12.5 Å². The second-order valence-corrected chi connectivity index (χ2v) is 16.1. The van der Waals surface area contributed by atoms with E-state index in [2.05, 4.69) is 101 Å². The molecule has 2 aromatic rings. The van der Waals surface area contributed by atoms with E-state index in [4.69, 9.17) is 9.16 Å². The molecule has 216 valence electrons. The average Bonchev–Trinajstić information content (AvgIpc) is 2.94. The summed E-state index contributed by atoms with van der Waals surface area (Å²) in [7, 11) is -1.09. The highest BCUT2D eigenvalue weighted by Gasteiger charge is 2.51. The first-order valence-corrected chi connectivity index (χ1v) is 17.3. The quantitative estimate of drug-likeness (QED) is 0.0759. The van der Waals surface area contributed by atoms with Crippen molar-refractivity contribution in [2.45, 2.75) is 122 Å². The zero-order valence-corrected chi connectivity index (χ0v) is 26.4. The van der Waals surface area contributed by atoms with E-state index in [1.807, 2.05) is 0 Å². The van der Waals surface area contributed by atoms with E-state index in [0.717, 1.165) is 32.1 Å². The molecule has 0 N–H and O–H groups in total. The van der Waals surface area contributed by atoms with Crippen molar-refractivity contribution in [3.63, 3.8) is 0 Å². The molecule has 39 heavy (non-hydrogen) atoms. The van der Waals surface area contributed by atoms with Crippen LogP contribution in [0.5, 0.6) is 0 Å². The molecule has 0 amide bonds. The van der Waals surface area contributed by atoms with E-state index < -0.39 is 8.32 Å². The highest BCUT2D eigenvalue weighted by Crippen LogP contribution is 2.38. The fourth-order valence-corrected chi connectivity index (χ4v) is 10.2. The first kappa shape index (κ1) is 33.0. The second-order valence-electron chi connectivity index (χ2n) is 11.8. The van der Waals surface area contributed by atoms with Crippen LogP contribution in [0.1, 0.15) is 111 Å². The highest BCUT2D eigenvalue weighted by molar-refractivity contribution is 6.99. The molecule has 0 aliphatic heterocycles. The maximum atomic E-state index is 11.2. The van der Waals surface area contributed by atoms with Gasteiger partial charge in [-0.05, 0) is 47.5 Å². The Balaban J connectivity index is 2.11. The third-order valence-electron chi connectivity index (χ3n) is 7.68. The third kappa shape index (κ3) is 11.1. The predicted octanol–water partition coefficient (Wildman–Crippen LogP) is 8.75. The van der Waals surface area contributed by atoms with Crippen molar-refractivity contribution in [3.05, 3.63) is 72.8 Å². The summed E-state index contributed by atoms with van der Waals surface area (Å²) < 4.78 is 12.2. The Labute approximate surface area is 240 Å². The number of hydrogen-bond donors (Lipinski definition) is 0. The number of methoxy groups -OCH3 is 1. The summed E-state index contributed by atoms with van der Waals surface area (Å²) in [5.41, 5.74) is 0. The molecule has 1 atom stereocenters. The largest absolute Gasteiger partial charge is 0.469 e. The normalized spacial score (nSPS) is 13.1. The lowest BCUT2D eigenvalue weighted by Crippen LogP contribution is -2.67. The number of ether oxygens (including phenoxy) is 1. The van der Waals surface area contributed by atoms with E-state index in [9.17, 15) is 4.79 Å². The molecule has 0 fully saturated rings. The van der Waals surface area contributed by atoms with E-state index >= 15 is 0 Å². The van der Waals surface area contributed by atoms with Gasteiger partial charge in [0.2, 0.25) is 0 Å². The van der Waals surface area contributed by atoms with Crippen molar-refractivity contribution in [1.82, 2.24) is 0 Å². The Bertz CT molecular complexity index is 894. The van der Waals surface area contributed by atoms with Crippen LogP contribution in [0.2, 0.25) is 5.04 Å². The van der Waals surface area contributed by atoms with Gasteiger partial charge < -0.3 is 9.16 Å². The molecule has 0 aliphatic rings. The zero-order chi connectivity index (χ0) is 28.4. The molecule has 0 heterocycles. The van der Waals surface area contributed by atoms with Crippen LogP contribution in [-0.2, 0) is 14.0 Å². The van der Waals surface area contributed by atoms with Gasteiger partial charge in [-0.25, -0.2) is 0 Å². The van der Waals surface area contributed by atoms with Crippen molar-refractivity contribution in [3.8, 4) is 0 Å². The Morgan fingerprint density at radius 3 is 1.92 bits per heavy atom. The van der Waals surface area contributed by atoms with Crippen molar-refractivity contribution >= 4 is 24.7 Å². The summed E-state index contributed by atoms with van der Waals surface area (Å²) in [5, 5.41) is 2.71. The molecule has 0 saturated heterocycles. The Morgan fingerprint density at radius 2 is 1.36 bits per heavy atom. The number of hydrogen-bond acceptors (Lipinski definition) is 3. The van der Waals surface area contributed by atoms with Crippen LogP contribution in [0, 0.1) is 0 Å². The van der Waals surface area contributed by atoms with Gasteiger partial charge in [0.1, 0.15) is 0 Å². The molecule has 0 saturated carbocycles. The average molecular weight is 551 g/mol. The molecule has 1 unspecified atom stereocenters. The van der Waals surface area contributed by atoms with E-state index in [1.54, 1.807) is 0 Å². The van der Waals surface area contributed by atoms with Crippen LogP contribution in [0.15, 0.2) is 72.8 Å². The molecule has 3 nitrogen and oxygen atoms in total. The molecular weight excluding hydrogens is 496 g/mol. The van der Waals surface area contributed by atoms with Gasteiger partial charge in [0.15, 0.2) is 0 Å². The number of unbranched alkanes of at least 4 members (excludes halogenated alkanes) is 8. The monoisotopic (exact) mass is 550 g/mol. The lowest BCUT2D eigenvalue weighted by atomic mass is 10.1. The number of carbonyl (C=O) groups is 1. The number of carbonyl (C=O) groups excluding carboxylic acids is 1. The molecule has 0 bridgehead atoms. The predicted molar refractivity (Wildman–Crippen MR) is 169 cm³/mol. The number of benzene rings is 2. The zero-order valence-electron chi connectivity index (χ0n) is 25.4. The standard InChI is InChI=1S/C35H54O3Si/c1-6-7-8-17-24-31(25-18-13-11-9-10-12-14-23-30-34(36)37-5)38-39(35(2,3)4,32-26-19-15-20-27-32)33-28-21-16-22-29-33/h13,15-16,18-22,26-29,31H,6-12,14,17,23-25,30H2,1-5H3/b18-13-.